The molecule has 2 rings (SSSR count). The zero-order valence-electron chi connectivity index (χ0n) is 11.0. The van der Waals surface area contributed by atoms with Gasteiger partial charge in [-0.3, -0.25) is 9.69 Å². The number of ether oxygens (including phenoxy) is 1. The molecule has 0 amide bonds. The van der Waals surface area contributed by atoms with Crippen LogP contribution in [0.3, 0.4) is 0 Å². The van der Waals surface area contributed by atoms with Crippen molar-refractivity contribution in [2.75, 3.05) is 19.7 Å². The van der Waals surface area contributed by atoms with E-state index in [1.54, 1.807) is 0 Å². The van der Waals surface area contributed by atoms with E-state index >= 15 is 0 Å². The summed E-state index contributed by atoms with van der Waals surface area (Å²) in [6.45, 7) is 4.32. The second-order valence-electron chi connectivity index (χ2n) is 5.45. The first kappa shape index (κ1) is 12.9. The first-order valence-electron chi connectivity index (χ1n) is 7.21. The van der Waals surface area contributed by atoms with E-state index in [9.17, 15) is 4.79 Å². The minimum atomic E-state index is -0.0235. The second kappa shape index (κ2) is 6.39. The van der Waals surface area contributed by atoms with Crippen molar-refractivity contribution < 1.29 is 9.53 Å². The van der Waals surface area contributed by atoms with Gasteiger partial charge in [-0.2, -0.15) is 0 Å². The van der Waals surface area contributed by atoms with Crippen molar-refractivity contribution >= 4 is 5.97 Å². The second-order valence-corrected chi connectivity index (χ2v) is 5.45. The Morgan fingerprint density at radius 1 is 1.29 bits per heavy atom. The van der Waals surface area contributed by atoms with Gasteiger partial charge in [0.25, 0.3) is 0 Å². The Kier molecular flexibility index (Phi) is 4.84. The van der Waals surface area contributed by atoms with Crippen molar-refractivity contribution in [1.29, 1.82) is 0 Å². The van der Waals surface area contributed by atoms with Crippen LogP contribution in [-0.2, 0) is 9.53 Å². The number of esters is 1. The van der Waals surface area contributed by atoms with E-state index < -0.39 is 0 Å². The summed E-state index contributed by atoms with van der Waals surface area (Å²) in [4.78, 5) is 14.0. The van der Waals surface area contributed by atoms with Crippen molar-refractivity contribution in [3.8, 4) is 0 Å². The monoisotopic (exact) mass is 239 g/mol. The van der Waals surface area contributed by atoms with Gasteiger partial charge in [0.2, 0.25) is 0 Å². The summed E-state index contributed by atoms with van der Waals surface area (Å²) in [5, 5.41) is 0. The number of unbranched alkanes of at least 4 members (excludes halogenated alkanes) is 1. The Labute approximate surface area is 105 Å². The topological polar surface area (TPSA) is 29.5 Å². The van der Waals surface area contributed by atoms with Crippen molar-refractivity contribution in [2.24, 2.45) is 5.92 Å². The van der Waals surface area contributed by atoms with Crippen LogP contribution in [0.1, 0.15) is 51.9 Å². The van der Waals surface area contributed by atoms with Crippen LogP contribution in [0.2, 0.25) is 0 Å². The molecule has 0 N–H and O–H groups in total. The summed E-state index contributed by atoms with van der Waals surface area (Å²) in [6.07, 6.45) is 8.73. The lowest BCUT2D eigenvalue weighted by molar-refractivity contribution is -0.145. The molecule has 1 heterocycles. The highest BCUT2D eigenvalue weighted by Crippen LogP contribution is 2.35. The molecule has 1 saturated heterocycles. The number of nitrogens with zero attached hydrogens (tertiary/aromatic N) is 1. The fourth-order valence-electron chi connectivity index (χ4n) is 3.24. The third-order valence-corrected chi connectivity index (χ3v) is 4.22. The van der Waals surface area contributed by atoms with E-state index in [4.69, 9.17) is 4.74 Å². The lowest BCUT2D eigenvalue weighted by Gasteiger charge is -2.31. The van der Waals surface area contributed by atoms with Crippen LogP contribution in [0, 0.1) is 5.92 Å². The first-order valence-corrected chi connectivity index (χ1v) is 7.21. The molecule has 3 nitrogen and oxygen atoms in total. The molecular formula is C14H25NO2. The maximum Gasteiger partial charge on any atom is 0.320 e. The Balaban J connectivity index is 1.73. The number of likely N-dealkylation sites (tertiary alicyclic amines) is 1. The van der Waals surface area contributed by atoms with Gasteiger partial charge >= 0.3 is 5.97 Å². The average molecular weight is 239 g/mol. The molecule has 1 aliphatic heterocycles. The predicted octanol–water partition coefficient (Wildman–Crippen LogP) is 2.59. The maximum absolute atomic E-state index is 11.7. The van der Waals surface area contributed by atoms with Crippen LogP contribution in [-0.4, -0.2) is 36.6 Å². The molecule has 0 aromatic heterocycles. The quantitative estimate of drug-likeness (QED) is 0.545. The molecule has 0 bridgehead atoms. The van der Waals surface area contributed by atoms with Gasteiger partial charge in [-0.05, 0) is 38.1 Å². The lowest BCUT2D eigenvalue weighted by Crippen LogP contribution is -2.38. The molecular weight excluding hydrogens is 214 g/mol. The summed E-state index contributed by atoms with van der Waals surface area (Å²) in [5.41, 5.74) is 0. The van der Waals surface area contributed by atoms with Crippen LogP contribution in [0.25, 0.3) is 0 Å². The number of hydrogen-bond donors (Lipinski definition) is 0. The normalized spacial score (nSPS) is 29.0. The van der Waals surface area contributed by atoms with E-state index in [-0.39, 0.29) is 5.97 Å². The number of fused-ring (bicyclic) bond motifs is 1. The zero-order valence-corrected chi connectivity index (χ0v) is 11.0. The molecule has 3 heteroatoms. The van der Waals surface area contributed by atoms with Crippen LogP contribution in [0.15, 0.2) is 0 Å². The maximum atomic E-state index is 11.7. The Bertz CT molecular complexity index is 255. The highest BCUT2D eigenvalue weighted by molar-refractivity contribution is 5.71. The number of rotatable bonds is 5. The summed E-state index contributed by atoms with van der Waals surface area (Å²) >= 11 is 0. The minimum Gasteiger partial charge on any atom is -0.465 e. The van der Waals surface area contributed by atoms with Gasteiger partial charge in [-0.15, -0.1) is 0 Å². The number of carbonyl (C=O) groups is 1. The van der Waals surface area contributed by atoms with Crippen molar-refractivity contribution in [2.45, 2.75) is 57.9 Å². The van der Waals surface area contributed by atoms with Gasteiger partial charge in [-0.25, -0.2) is 0 Å². The van der Waals surface area contributed by atoms with Gasteiger partial charge < -0.3 is 4.74 Å². The molecule has 0 aromatic rings. The number of hydrogen-bond acceptors (Lipinski definition) is 3. The zero-order chi connectivity index (χ0) is 12.1. The summed E-state index contributed by atoms with van der Waals surface area (Å²) < 4.78 is 5.24. The molecule has 2 unspecified atom stereocenters. The third-order valence-electron chi connectivity index (χ3n) is 4.22. The molecule has 2 fully saturated rings. The fraction of sp³-hybridized carbons (Fsp3) is 0.929. The van der Waals surface area contributed by atoms with Gasteiger partial charge in [0, 0.05) is 6.04 Å². The molecule has 0 radical (unpaired) electrons. The van der Waals surface area contributed by atoms with Crippen molar-refractivity contribution in [3.63, 3.8) is 0 Å². The van der Waals surface area contributed by atoms with E-state index in [1.807, 2.05) is 0 Å². The first-order chi connectivity index (χ1) is 8.31. The van der Waals surface area contributed by atoms with E-state index in [1.165, 1.54) is 32.1 Å². The van der Waals surface area contributed by atoms with Crippen molar-refractivity contribution in [3.05, 3.63) is 0 Å². The average Bonchev–Trinajstić information content (AvgIpc) is 2.73. The molecule has 2 aliphatic rings. The van der Waals surface area contributed by atoms with E-state index in [0.717, 1.165) is 25.3 Å². The predicted molar refractivity (Wildman–Crippen MR) is 67.8 cm³/mol. The molecule has 1 saturated carbocycles. The summed E-state index contributed by atoms with van der Waals surface area (Å²) in [5.74, 6) is 0.830. The molecule has 0 aromatic carbocycles. The summed E-state index contributed by atoms with van der Waals surface area (Å²) in [6, 6.07) is 0.669. The number of carbonyl (C=O) groups excluding carboxylic acids is 1. The van der Waals surface area contributed by atoms with E-state index in [0.29, 0.717) is 19.2 Å². The fourth-order valence-corrected chi connectivity index (χ4v) is 3.24. The molecule has 98 valence electrons. The Morgan fingerprint density at radius 3 is 2.94 bits per heavy atom. The highest BCUT2D eigenvalue weighted by atomic mass is 16.5. The van der Waals surface area contributed by atoms with Gasteiger partial charge in [0.05, 0.1) is 13.2 Å². The lowest BCUT2D eigenvalue weighted by atomic mass is 9.85. The third kappa shape index (κ3) is 3.44. The molecule has 1 aliphatic carbocycles. The largest absolute Gasteiger partial charge is 0.465 e. The highest BCUT2D eigenvalue weighted by Gasteiger charge is 2.36. The summed E-state index contributed by atoms with van der Waals surface area (Å²) in [7, 11) is 0. The van der Waals surface area contributed by atoms with Gasteiger partial charge in [0.1, 0.15) is 0 Å². The standard InChI is InChI=1S/C14H25NO2/c1-2-3-10-17-14(16)11-15-9-8-12-6-4-5-7-13(12)15/h12-13H,2-11H2,1H3. The SMILES string of the molecule is CCCCOC(=O)CN1CCC2CCCCC21. The van der Waals surface area contributed by atoms with Gasteiger partial charge in [0.15, 0.2) is 0 Å². The minimum absolute atomic E-state index is 0.0235. The Hall–Kier alpha value is -0.570. The van der Waals surface area contributed by atoms with Crippen LogP contribution < -0.4 is 0 Å². The van der Waals surface area contributed by atoms with Crippen LogP contribution in [0.4, 0.5) is 0 Å². The Morgan fingerprint density at radius 2 is 2.12 bits per heavy atom. The van der Waals surface area contributed by atoms with Crippen LogP contribution in [0.5, 0.6) is 0 Å². The smallest absolute Gasteiger partial charge is 0.320 e. The van der Waals surface area contributed by atoms with Crippen molar-refractivity contribution in [1.82, 2.24) is 4.90 Å². The molecule has 2 atom stereocenters. The van der Waals surface area contributed by atoms with E-state index in [2.05, 4.69) is 11.8 Å². The van der Waals surface area contributed by atoms with Crippen LogP contribution >= 0.6 is 0 Å². The molecule has 0 spiro atoms. The van der Waals surface area contributed by atoms with Gasteiger partial charge in [-0.1, -0.05) is 26.2 Å². The molecule has 17 heavy (non-hydrogen) atoms.